The van der Waals surface area contributed by atoms with Crippen LogP contribution in [0.15, 0.2) is 0 Å². The summed E-state index contributed by atoms with van der Waals surface area (Å²) in [5.41, 5.74) is -0.591. The lowest BCUT2D eigenvalue weighted by Gasteiger charge is -2.42. The van der Waals surface area contributed by atoms with E-state index in [1.54, 1.807) is 0 Å². The number of quaternary nitrogens is 1. The highest BCUT2D eigenvalue weighted by Crippen LogP contribution is 2.43. The Kier molecular flexibility index (Phi) is 27.7. The van der Waals surface area contributed by atoms with Gasteiger partial charge in [-0.1, -0.05) is 163 Å². The molecule has 0 aliphatic heterocycles. The Hall–Kier alpha value is -0.570. The standard InChI is InChI=1S/C32H64O2.H3N/c1-5-9-11-13-15-16-17-18-19-20-21-22-24-27-30(26-7-3)32(28-8-4,31(33)34)29-25-23-14-12-10-6-2;/h30H,5-29H2,1-4H3,(H,33,34);1H3. The fraction of sp³-hybridized carbons (Fsp3) is 0.969. The first-order chi connectivity index (χ1) is 16.6. The minimum absolute atomic E-state index is 0. The Morgan fingerprint density at radius 2 is 0.914 bits per heavy atom. The van der Waals surface area contributed by atoms with Gasteiger partial charge in [-0.3, -0.25) is 0 Å². The van der Waals surface area contributed by atoms with Crippen LogP contribution in [-0.2, 0) is 4.79 Å². The summed E-state index contributed by atoms with van der Waals surface area (Å²) in [7, 11) is 0. The SMILES string of the molecule is CCCCCCCCCCCCCCCC(CCC)C(CCC)(CCCCCCCC)C(=O)[O-].[NH4+]. The van der Waals surface area contributed by atoms with Crippen molar-refractivity contribution in [2.24, 2.45) is 11.3 Å². The van der Waals surface area contributed by atoms with E-state index in [1.807, 2.05) is 0 Å². The fourth-order valence-corrected chi connectivity index (χ4v) is 6.02. The van der Waals surface area contributed by atoms with Gasteiger partial charge in [0.1, 0.15) is 0 Å². The van der Waals surface area contributed by atoms with E-state index >= 15 is 0 Å². The molecule has 0 spiro atoms. The Morgan fingerprint density at radius 1 is 0.514 bits per heavy atom. The minimum atomic E-state index is -0.754. The molecule has 0 bridgehead atoms. The summed E-state index contributed by atoms with van der Waals surface area (Å²) < 4.78 is 0. The van der Waals surface area contributed by atoms with Crippen molar-refractivity contribution in [2.45, 2.75) is 188 Å². The summed E-state index contributed by atoms with van der Waals surface area (Å²) in [5.74, 6) is -0.457. The molecule has 0 aromatic rings. The number of rotatable bonds is 27. The maximum atomic E-state index is 12.5. The van der Waals surface area contributed by atoms with Crippen molar-refractivity contribution in [3.05, 3.63) is 0 Å². The number of unbranched alkanes of at least 4 members (excludes halogenated alkanes) is 17. The second-order valence-corrected chi connectivity index (χ2v) is 11.2. The lowest BCUT2D eigenvalue weighted by Crippen LogP contribution is -2.47. The van der Waals surface area contributed by atoms with Crippen molar-refractivity contribution in [3.63, 3.8) is 0 Å². The molecule has 0 aromatic carbocycles. The number of carbonyl (C=O) groups is 1. The molecular formula is C32H67NO2. The van der Waals surface area contributed by atoms with Gasteiger partial charge in [0, 0.05) is 11.4 Å². The van der Waals surface area contributed by atoms with Crippen LogP contribution in [0.1, 0.15) is 188 Å². The third-order valence-electron chi connectivity index (χ3n) is 8.15. The van der Waals surface area contributed by atoms with Gasteiger partial charge in [-0.25, -0.2) is 0 Å². The molecule has 0 radical (unpaired) electrons. The summed E-state index contributed by atoms with van der Waals surface area (Å²) in [6.45, 7) is 8.89. The van der Waals surface area contributed by atoms with E-state index in [4.69, 9.17) is 0 Å². The molecular weight excluding hydrogens is 430 g/mol. The molecule has 212 valence electrons. The molecule has 0 amide bonds. The maximum Gasteiger partial charge on any atom is 0.0478 e. The second kappa shape index (κ2) is 26.5. The normalized spacial score (nSPS) is 13.8. The quantitative estimate of drug-likeness (QED) is 0.115. The highest BCUT2D eigenvalue weighted by Gasteiger charge is 2.38. The molecule has 35 heavy (non-hydrogen) atoms. The van der Waals surface area contributed by atoms with Crippen molar-refractivity contribution < 1.29 is 9.90 Å². The van der Waals surface area contributed by atoms with Crippen LogP contribution in [0.25, 0.3) is 0 Å². The van der Waals surface area contributed by atoms with Crippen LogP contribution in [-0.4, -0.2) is 5.97 Å². The van der Waals surface area contributed by atoms with Crippen molar-refractivity contribution in [1.82, 2.24) is 6.15 Å². The molecule has 0 rings (SSSR count). The average molecular weight is 498 g/mol. The van der Waals surface area contributed by atoms with Crippen molar-refractivity contribution in [1.29, 1.82) is 0 Å². The Morgan fingerprint density at radius 3 is 1.29 bits per heavy atom. The van der Waals surface area contributed by atoms with Gasteiger partial charge in [0.2, 0.25) is 0 Å². The fourth-order valence-electron chi connectivity index (χ4n) is 6.02. The van der Waals surface area contributed by atoms with E-state index in [1.165, 1.54) is 116 Å². The van der Waals surface area contributed by atoms with E-state index in [0.29, 0.717) is 5.92 Å². The molecule has 4 N–H and O–H groups in total. The molecule has 0 heterocycles. The zero-order chi connectivity index (χ0) is 25.3. The Balaban J connectivity index is 0. The summed E-state index contributed by atoms with van der Waals surface area (Å²) >= 11 is 0. The van der Waals surface area contributed by atoms with Gasteiger partial charge < -0.3 is 16.1 Å². The maximum absolute atomic E-state index is 12.5. The van der Waals surface area contributed by atoms with E-state index in [-0.39, 0.29) is 6.15 Å². The molecule has 0 saturated heterocycles. The average Bonchev–Trinajstić information content (AvgIpc) is 2.82. The molecule has 0 aliphatic rings. The first kappa shape index (κ1) is 36.6. The number of aliphatic carboxylic acids is 1. The molecule has 0 saturated carbocycles. The van der Waals surface area contributed by atoms with Gasteiger partial charge in [0.05, 0.1) is 0 Å². The highest BCUT2D eigenvalue weighted by molar-refractivity contribution is 5.72. The zero-order valence-electron chi connectivity index (χ0n) is 25.1. The van der Waals surface area contributed by atoms with Gasteiger partial charge in [0.15, 0.2) is 0 Å². The topological polar surface area (TPSA) is 76.6 Å². The van der Waals surface area contributed by atoms with Gasteiger partial charge in [-0.05, 0) is 31.6 Å². The summed E-state index contributed by atoms with van der Waals surface area (Å²) in [5, 5.41) is 12.5. The molecule has 2 atom stereocenters. The molecule has 0 aliphatic carbocycles. The lowest BCUT2D eigenvalue weighted by atomic mass is 9.65. The number of carboxylic acid groups (broad SMARTS) is 1. The number of carboxylic acids is 1. The van der Waals surface area contributed by atoms with Crippen LogP contribution in [0.4, 0.5) is 0 Å². The van der Waals surface area contributed by atoms with Gasteiger partial charge in [-0.15, -0.1) is 0 Å². The number of hydrogen-bond donors (Lipinski definition) is 1. The van der Waals surface area contributed by atoms with E-state index < -0.39 is 11.4 Å². The van der Waals surface area contributed by atoms with Gasteiger partial charge in [0.25, 0.3) is 0 Å². The first-order valence-electron chi connectivity index (χ1n) is 15.8. The molecule has 0 fully saturated rings. The van der Waals surface area contributed by atoms with Gasteiger partial charge in [-0.2, -0.15) is 0 Å². The van der Waals surface area contributed by atoms with E-state index in [9.17, 15) is 9.90 Å². The van der Waals surface area contributed by atoms with Crippen LogP contribution in [0.3, 0.4) is 0 Å². The Labute approximate surface area is 221 Å². The zero-order valence-corrected chi connectivity index (χ0v) is 25.1. The van der Waals surface area contributed by atoms with E-state index in [2.05, 4.69) is 27.7 Å². The lowest BCUT2D eigenvalue weighted by molar-refractivity contribution is -0.323. The third-order valence-corrected chi connectivity index (χ3v) is 8.15. The highest BCUT2D eigenvalue weighted by atomic mass is 16.4. The summed E-state index contributed by atoms with van der Waals surface area (Å²) in [4.78, 5) is 12.5. The second-order valence-electron chi connectivity index (χ2n) is 11.2. The predicted octanol–water partition coefficient (Wildman–Crippen LogP) is 10.5. The smallest absolute Gasteiger partial charge is 0.0478 e. The summed E-state index contributed by atoms with van der Waals surface area (Å²) in [6, 6.07) is 0. The van der Waals surface area contributed by atoms with Crippen molar-refractivity contribution in [3.8, 4) is 0 Å². The number of carbonyl (C=O) groups excluding carboxylic acids is 1. The van der Waals surface area contributed by atoms with Crippen molar-refractivity contribution >= 4 is 5.97 Å². The number of hydrogen-bond acceptors (Lipinski definition) is 2. The monoisotopic (exact) mass is 498 g/mol. The van der Waals surface area contributed by atoms with Crippen LogP contribution in [0.2, 0.25) is 0 Å². The van der Waals surface area contributed by atoms with Gasteiger partial charge >= 0.3 is 0 Å². The minimum Gasteiger partial charge on any atom is -0.550 e. The third kappa shape index (κ3) is 18.3. The molecule has 3 heteroatoms. The molecule has 3 nitrogen and oxygen atoms in total. The van der Waals surface area contributed by atoms with Crippen LogP contribution >= 0.6 is 0 Å². The van der Waals surface area contributed by atoms with Crippen LogP contribution in [0.5, 0.6) is 0 Å². The van der Waals surface area contributed by atoms with Crippen molar-refractivity contribution in [2.75, 3.05) is 0 Å². The summed E-state index contributed by atoms with van der Waals surface area (Å²) in [6.07, 6.45) is 30.9. The van der Waals surface area contributed by atoms with Crippen LogP contribution in [0, 0.1) is 11.3 Å². The Bertz CT molecular complexity index is 439. The van der Waals surface area contributed by atoms with Crippen LogP contribution < -0.4 is 11.3 Å². The predicted molar refractivity (Wildman–Crippen MR) is 155 cm³/mol. The first-order valence-corrected chi connectivity index (χ1v) is 15.8. The molecule has 2 unspecified atom stereocenters. The molecule has 0 aromatic heterocycles. The largest absolute Gasteiger partial charge is 0.550 e. The van der Waals surface area contributed by atoms with E-state index in [0.717, 1.165) is 44.9 Å².